The number of nitrogens with zero attached hydrogens (tertiary/aromatic N) is 1. The third kappa shape index (κ3) is 8.48. The summed E-state index contributed by atoms with van der Waals surface area (Å²) >= 11 is 0. The van der Waals surface area contributed by atoms with E-state index in [0.717, 1.165) is 25.4 Å². The molecule has 0 spiro atoms. The fourth-order valence-corrected chi connectivity index (χ4v) is 1.75. The third-order valence-corrected chi connectivity index (χ3v) is 2.91. The summed E-state index contributed by atoms with van der Waals surface area (Å²) in [4.78, 5) is 13.9. The number of methoxy groups -OCH3 is 1. The first-order chi connectivity index (χ1) is 8.36. The highest BCUT2D eigenvalue weighted by molar-refractivity contribution is 5.75. The zero-order valence-corrected chi connectivity index (χ0v) is 12.8. The molecule has 0 aromatic rings. The molecule has 0 saturated carbocycles. The molecule has 0 aromatic carbocycles. The number of ether oxygens (including phenoxy) is 1. The van der Waals surface area contributed by atoms with Gasteiger partial charge in [0, 0.05) is 6.04 Å². The van der Waals surface area contributed by atoms with E-state index in [1.54, 1.807) is 0 Å². The lowest BCUT2D eigenvalue weighted by atomic mass is 10.1. The first-order valence-electron chi connectivity index (χ1n) is 6.89. The molecular formula is C14H30N2O2. The minimum absolute atomic E-state index is 0.166. The summed E-state index contributed by atoms with van der Waals surface area (Å²) in [5, 5.41) is 3.25. The number of hydrogen-bond acceptors (Lipinski definition) is 4. The van der Waals surface area contributed by atoms with Crippen LogP contribution in [0, 0.1) is 5.92 Å². The molecule has 4 nitrogen and oxygen atoms in total. The molecule has 0 bridgehead atoms. The summed E-state index contributed by atoms with van der Waals surface area (Å²) in [5.74, 6) is 0.554. The predicted octanol–water partition coefficient (Wildman–Crippen LogP) is 1.89. The van der Waals surface area contributed by atoms with E-state index in [4.69, 9.17) is 4.74 Å². The maximum absolute atomic E-state index is 11.6. The van der Waals surface area contributed by atoms with E-state index < -0.39 is 0 Å². The molecule has 1 atom stereocenters. The van der Waals surface area contributed by atoms with E-state index in [1.165, 1.54) is 13.5 Å². The van der Waals surface area contributed by atoms with Gasteiger partial charge in [0.1, 0.15) is 6.04 Å². The van der Waals surface area contributed by atoms with Crippen molar-refractivity contribution in [2.75, 3.05) is 27.2 Å². The second-order valence-corrected chi connectivity index (χ2v) is 5.67. The van der Waals surface area contributed by atoms with Crippen LogP contribution in [0.3, 0.4) is 0 Å². The Labute approximate surface area is 112 Å². The van der Waals surface area contributed by atoms with Crippen molar-refractivity contribution >= 4 is 5.97 Å². The highest BCUT2D eigenvalue weighted by Gasteiger charge is 2.19. The maximum Gasteiger partial charge on any atom is 0.322 e. The Morgan fingerprint density at radius 1 is 1.17 bits per heavy atom. The molecule has 1 unspecified atom stereocenters. The van der Waals surface area contributed by atoms with E-state index in [9.17, 15) is 4.79 Å². The lowest BCUT2D eigenvalue weighted by Crippen LogP contribution is -2.43. The average Bonchev–Trinajstić information content (AvgIpc) is 2.30. The van der Waals surface area contributed by atoms with Crippen LogP contribution in [0.25, 0.3) is 0 Å². The fraction of sp³-hybridized carbons (Fsp3) is 0.929. The molecule has 0 fully saturated rings. The molecule has 0 saturated heterocycles. The van der Waals surface area contributed by atoms with Crippen molar-refractivity contribution in [2.24, 2.45) is 5.92 Å². The zero-order valence-electron chi connectivity index (χ0n) is 12.8. The van der Waals surface area contributed by atoms with Gasteiger partial charge in [-0.05, 0) is 38.9 Å². The van der Waals surface area contributed by atoms with Gasteiger partial charge in [-0.25, -0.2) is 0 Å². The number of rotatable bonds is 9. The Morgan fingerprint density at radius 2 is 1.72 bits per heavy atom. The van der Waals surface area contributed by atoms with Gasteiger partial charge in [-0.15, -0.1) is 0 Å². The molecule has 0 radical (unpaired) electrons. The normalized spacial score (nSPS) is 13.4. The Bertz CT molecular complexity index is 230. The summed E-state index contributed by atoms with van der Waals surface area (Å²) in [6, 6.07) is 0.0894. The van der Waals surface area contributed by atoms with Crippen LogP contribution in [0.1, 0.15) is 40.5 Å². The standard InChI is InChI=1S/C14H30N2O2/c1-11(2)7-9-16(5)10-8-13(14(17)18-6)15-12(3)4/h11-13,15H,7-10H2,1-6H3. The van der Waals surface area contributed by atoms with Crippen molar-refractivity contribution in [3.8, 4) is 0 Å². The Morgan fingerprint density at radius 3 is 2.17 bits per heavy atom. The first-order valence-corrected chi connectivity index (χ1v) is 6.89. The van der Waals surface area contributed by atoms with Gasteiger partial charge in [0.25, 0.3) is 0 Å². The number of hydrogen-bond donors (Lipinski definition) is 1. The van der Waals surface area contributed by atoms with Crippen molar-refractivity contribution in [3.63, 3.8) is 0 Å². The molecule has 1 N–H and O–H groups in total. The first kappa shape index (κ1) is 17.4. The SMILES string of the molecule is COC(=O)C(CCN(C)CCC(C)C)NC(C)C. The van der Waals surface area contributed by atoms with Gasteiger partial charge in [-0.2, -0.15) is 0 Å². The molecule has 4 heteroatoms. The number of carbonyl (C=O) groups is 1. The van der Waals surface area contributed by atoms with E-state index in [-0.39, 0.29) is 18.1 Å². The van der Waals surface area contributed by atoms with Crippen molar-refractivity contribution < 1.29 is 9.53 Å². The molecular weight excluding hydrogens is 228 g/mol. The molecule has 0 amide bonds. The van der Waals surface area contributed by atoms with E-state index in [2.05, 4.69) is 31.1 Å². The quantitative estimate of drug-likeness (QED) is 0.641. The Kier molecular flexibility index (Phi) is 9.02. The van der Waals surface area contributed by atoms with Crippen LogP contribution in [-0.2, 0) is 9.53 Å². The average molecular weight is 258 g/mol. The van der Waals surface area contributed by atoms with Crippen LogP contribution in [0.4, 0.5) is 0 Å². The van der Waals surface area contributed by atoms with Gasteiger partial charge < -0.3 is 15.0 Å². The molecule has 0 aliphatic rings. The second kappa shape index (κ2) is 9.34. The van der Waals surface area contributed by atoms with Crippen molar-refractivity contribution in [3.05, 3.63) is 0 Å². The summed E-state index contributed by atoms with van der Waals surface area (Å²) in [6.07, 6.45) is 1.98. The highest BCUT2D eigenvalue weighted by atomic mass is 16.5. The highest BCUT2D eigenvalue weighted by Crippen LogP contribution is 2.03. The van der Waals surface area contributed by atoms with Crippen molar-refractivity contribution in [2.45, 2.75) is 52.6 Å². The van der Waals surface area contributed by atoms with Crippen LogP contribution >= 0.6 is 0 Å². The largest absolute Gasteiger partial charge is 0.468 e. The van der Waals surface area contributed by atoms with Crippen LogP contribution < -0.4 is 5.32 Å². The summed E-state index contributed by atoms with van der Waals surface area (Å²) in [5.41, 5.74) is 0. The van der Waals surface area contributed by atoms with E-state index in [1.807, 2.05) is 13.8 Å². The predicted molar refractivity (Wildman–Crippen MR) is 75.6 cm³/mol. The minimum Gasteiger partial charge on any atom is -0.468 e. The smallest absolute Gasteiger partial charge is 0.322 e. The van der Waals surface area contributed by atoms with Gasteiger partial charge in [-0.3, -0.25) is 4.79 Å². The lowest BCUT2D eigenvalue weighted by Gasteiger charge is -2.23. The van der Waals surface area contributed by atoms with Crippen molar-refractivity contribution in [1.82, 2.24) is 10.2 Å². The van der Waals surface area contributed by atoms with Gasteiger partial charge >= 0.3 is 5.97 Å². The number of nitrogens with one attached hydrogen (secondary N) is 1. The third-order valence-electron chi connectivity index (χ3n) is 2.91. The van der Waals surface area contributed by atoms with E-state index in [0.29, 0.717) is 0 Å². The zero-order chi connectivity index (χ0) is 14.1. The minimum atomic E-state index is -0.198. The molecule has 0 heterocycles. The monoisotopic (exact) mass is 258 g/mol. The van der Waals surface area contributed by atoms with Crippen LogP contribution in [-0.4, -0.2) is 50.2 Å². The van der Waals surface area contributed by atoms with Crippen molar-refractivity contribution in [1.29, 1.82) is 0 Å². The second-order valence-electron chi connectivity index (χ2n) is 5.67. The molecule has 0 aliphatic heterocycles. The van der Waals surface area contributed by atoms with Gasteiger partial charge in [-0.1, -0.05) is 27.7 Å². The van der Waals surface area contributed by atoms with Crippen LogP contribution in [0.2, 0.25) is 0 Å². The van der Waals surface area contributed by atoms with Gasteiger partial charge in [0.15, 0.2) is 0 Å². The summed E-state index contributed by atoms with van der Waals surface area (Å²) in [6.45, 7) is 10.5. The molecule has 18 heavy (non-hydrogen) atoms. The lowest BCUT2D eigenvalue weighted by molar-refractivity contribution is -0.143. The topological polar surface area (TPSA) is 41.6 Å². The maximum atomic E-state index is 11.6. The van der Waals surface area contributed by atoms with Crippen LogP contribution in [0.5, 0.6) is 0 Å². The Balaban J connectivity index is 4.05. The summed E-state index contributed by atoms with van der Waals surface area (Å²) in [7, 11) is 3.55. The van der Waals surface area contributed by atoms with Crippen LogP contribution in [0.15, 0.2) is 0 Å². The van der Waals surface area contributed by atoms with Gasteiger partial charge in [0.2, 0.25) is 0 Å². The molecule has 0 aliphatic carbocycles. The Hall–Kier alpha value is -0.610. The van der Waals surface area contributed by atoms with Gasteiger partial charge in [0.05, 0.1) is 7.11 Å². The summed E-state index contributed by atoms with van der Waals surface area (Å²) < 4.78 is 4.82. The molecule has 108 valence electrons. The fourth-order valence-electron chi connectivity index (χ4n) is 1.75. The molecule has 0 rings (SSSR count). The van der Waals surface area contributed by atoms with E-state index >= 15 is 0 Å². The number of esters is 1. The molecule has 0 aromatic heterocycles. The number of carbonyl (C=O) groups excluding carboxylic acids is 1.